The minimum atomic E-state index is -0.671. The van der Waals surface area contributed by atoms with Gasteiger partial charge in [-0.2, -0.15) is 0 Å². The lowest BCUT2D eigenvalue weighted by molar-refractivity contribution is 0.0210. The van der Waals surface area contributed by atoms with Crippen molar-refractivity contribution < 1.29 is 23.9 Å². The van der Waals surface area contributed by atoms with Gasteiger partial charge in [0.15, 0.2) is 0 Å². The van der Waals surface area contributed by atoms with E-state index >= 15 is 0 Å². The lowest BCUT2D eigenvalue weighted by Gasteiger charge is -2.34. The molecule has 0 unspecified atom stereocenters. The van der Waals surface area contributed by atoms with Crippen molar-refractivity contribution in [1.82, 2.24) is 9.88 Å². The Morgan fingerprint density at radius 3 is 2.00 bits per heavy atom. The molecule has 0 saturated carbocycles. The largest absolute Gasteiger partial charge is 0.444 e. The molecule has 1 aliphatic heterocycles. The normalized spacial score (nSPS) is 14.0. The van der Waals surface area contributed by atoms with Crippen LogP contribution in [0.3, 0.4) is 0 Å². The van der Waals surface area contributed by atoms with Gasteiger partial charge in [0.1, 0.15) is 11.2 Å². The Morgan fingerprint density at radius 2 is 1.40 bits per heavy atom. The lowest BCUT2D eigenvalue weighted by atomic mass is 10.0. The Balaban J connectivity index is 1.41. The first-order valence-electron chi connectivity index (χ1n) is 14.5. The van der Waals surface area contributed by atoms with Gasteiger partial charge in [-0.15, -0.1) is 0 Å². The van der Waals surface area contributed by atoms with Gasteiger partial charge in [0.05, 0.1) is 11.4 Å². The molecule has 43 heavy (non-hydrogen) atoms. The van der Waals surface area contributed by atoms with Crippen molar-refractivity contribution >= 4 is 35.2 Å². The van der Waals surface area contributed by atoms with Gasteiger partial charge in [0.2, 0.25) is 0 Å². The van der Waals surface area contributed by atoms with Gasteiger partial charge in [-0.05, 0) is 114 Å². The molecule has 0 aliphatic carbocycles. The zero-order valence-electron chi connectivity index (χ0n) is 25.7. The van der Waals surface area contributed by atoms with Crippen LogP contribution in [0.1, 0.15) is 64.7 Å². The molecular formula is C33H41N5O5. The molecular weight excluding hydrogens is 546 g/mol. The summed E-state index contributed by atoms with van der Waals surface area (Å²) in [6.07, 6.45) is 4.08. The maximum atomic E-state index is 13.3. The van der Waals surface area contributed by atoms with Crippen LogP contribution in [-0.2, 0) is 9.47 Å². The van der Waals surface area contributed by atoms with Gasteiger partial charge in [-0.1, -0.05) is 6.07 Å². The van der Waals surface area contributed by atoms with Crippen LogP contribution >= 0.6 is 0 Å². The number of benzene rings is 2. The van der Waals surface area contributed by atoms with Crippen LogP contribution in [0.5, 0.6) is 0 Å². The summed E-state index contributed by atoms with van der Waals surface area (Å²) >= 11 is 0. The number of likely N-dealkylation sites (tertiary alicyclic amines) is 1. The van der Waals surface area contributed by atoms with E-state index < -0.39 is 17.3 Å². The predicted molar refractivity (Wildman–Crippen MR) is 168 cm³/mol. The van der Waals surface area contributed by atoms with Crippen LogP contribution in [0, 0.1) is 0 Å². The highest BCUT2D eigenvalue weighted by molar-refractivity contribution is 6.07. The second-order valence-electron chi connectivity index (χ2n) is 12.5. The summed E-state index contributed by atoms with van der Waals surface area (Å²) in [5.74, 6) is -0.323. The summed E-state index contributed by atoms with van der Waals surface area (Å²) in [4.78, 5) is 44.0. The Bertz CT molecular complexity index is 1420. The van der Waals surface area contributed by atoms with Gasteiger partial charge < -0.3 is 25.0 Å². The monoisotopic (exact) mass is 587 g/mol. The van der Waals surface area contributed by atoms with E-state index in [9.17, 15) is 14.4 Å². The minimum absolute atomic E-state index is 0.204. The van der Waals surface area contributed by atoms with E-state index in [1.807, 2.05) is 51.1 Å². The molecule has 10 heteroatoms. The highest BCUT2D eigenvalue weighted by Gasteiger charge is 2.27. The highest BCUT2D eigenvalue weighted by atomic mass is 16.6. The number of anilines is 3. The van der Waals surface area contributed by atoms with Gasteiger partial charge in [-0.25, -0.2) is 9.59 Å². The molecule has 1 aromatic heterocycles. The number of hydrogen-bond acceptors (Lipinski definition) is 7. The van der Waals surface area contributed by atoms with Crippen LogP contribution in [0.2, 0.25) is 0 Å². The van der Waals surface area contributed by atoms with E-state index in [4.69, 9.17) is 9.47 Å². The summed E-state index contributed by atoms with van der Waals surface area (Å²) in [6, 6.07) is 16.6. The van der Waals surface area contributed by atoms with E-state index in [1.54, 1.807) is 62.3 Å². The molecule has 228 valence electrons. The fourth-order valence-corrected chi connectivity index (χ4v) is 4.58. The van der Waals surface area contributed by atoms with Crippen LogP contribution in [0.25, 0.3) is 11.1 Å². The molecule has 10 nitrogen and oxygen atoms in total. The Morgan fingerprint density at radius 1 is 0.767 bits per heavy atom. The smallest absolute Gasteiger partial charge is 0.412 e. The standard InChI is InChI=1S/C33H41N5O5/c1-32(2,3)42-30(40)37-27-12-9-24(22-13-17-34-18-14-22)21-28(27)36-29(39)23-7-10-25(11-8-23)35-26-15-19-38(20-16-26)31(41)43-33(4,5)6/h7-14,17-18,21,26,35H,15-16,19-20H2,1-6H3,(H,36,39)(H,37,40). The quantitative estimate of drug-likeness (QED) is 0.280. The van der Waals surface area contributed by atoms with Crippen molar-refractivity contribution in [2.45, 2.75) is 71.6 Å². The molecule has 2 heterocycles. The SMILES string of the molecule is CC(C)(C)OC(=O)Nc1ccc(-c2ccncc2)cc1NC(=O)c1ccc(NC2CCN(C(=O)OC(C)(C)C)CC2)cc1. The number of ether oxygens (including phenoxy) is 2. The Hall–Kier alpha value is -4.60. The molecule has 0 spiro atoms. The number of hydrogen-bond donors (Lipinski definition) is 3. The van der Waals surface area contributed by atoms with E-state index in [0.29, 0.717) is 30.0 Å². The first kappa shape index (κ1) is 31.3. The topological polar surface area (TPSA) is 122 Å². The molecule has 3 N–H and O–H groups in total. The van der Waals surface area contributed by atoms with E-state index in [0.717, 1.165) is 29.7 Å². The maximum absolute atomic E-state index is 13.3. The number of pyridine rings is 1. The van der Waals surface area contributed by atoms with Crippen LogP contribution in [0.15, 0.2) is 67.0 Å². The number of piperidine rings is 1. The third-order valence-corrected chi connectivity index (χ3v) is 6.58. The van der Waals surface area contributed by atoms with Crippen molar-refractivity contribution in [1.29, 1.82) is 0 Å². The van der Waals surface area contributed by atoms with E-state index in [2.05, 4.69) is 20.9 Å². The summed E-state index contributed by atoms with van der Waals surface area (Å²) in [7, 11) is 0. The number of carbonyl (C=O) groups excluding carboxylic acids is 3. The Labute approximate surface area is 253 Å². The van der Waals surface area contributed by atoms with Crippen molar-refractivity contribution in [3.8, 4) is 11.1 Å². The molecule has 1 aliphatic rings. The highest BCUT2D eigenvalue weighted by Crippen LogP contribution is 2.30. The van der Waals surface area contributed by atoms with E-state index in [-0.39, 0.29) is 18.0 Å². The number of nitrogens with one attached hydrogen (secondary N) is 3. The summed E-state index contributed by atoms with van der Waals surface area (Å²) in [6.45, 7) is 12.2. The number of nitrogens with zero attached hydrogens (tertiary/aromatic N) is 2. The summed E-state index contributed by atoms with van der Waals surface area (Å²) in [5.41, 5.74) is 2.78. The molecule has 0 atom stereocenters. The second kappa shape index (κ2) is 13.1. The van der Waals surface area contributed by atoms with Crippen LogP contribution in [0.4, 0.5) is 26.7 Å². The molecule has 2 aromatic carbocycles. The molecule has 0 radical (unpaired) electrons. The number of aromatic nitrogens is 1. The van der Waals surface area contributed by atoms with Crippen molar-refractivity contribution in [3.05, 3.63) is 72.6 Å². The second-order valence-corrected chi connectivity index (χ2v) is 12.5. The molecule has 1 saturated heterocycles. The van der Waals surface area contributed by atoms with Crippen LogP contribution < -0.4 is 16.0 Å². The lowest BCUT2D eigenvalue weighted by Crippen LogP contribution is -2.44. The molecule has 3 amide bonds. The third kappa shape index (κ3) is 9.46. The fourth-order valence-electron chi connectivity index (χ4n) is 4.58. The number of amides is 3. The minimum Gasteiger partial charge on any atom is -0.444 e. The van der Waals surface area contributed by atoms with Crippen molar-refractivity contribution in [2.24, 2.45) is 0 Å². The third-order valence-electron chi connectivity index (χ3n) is 6.58. The summed E-state index contributed by atoms with van der Waals surface area (Å²) < 4.78 is 10.9. The maximum Gasteiger partial charge on any atom is 0.412 e. The van der Waals surface area contributed by atoms with Gasteiger partial charge in [0, 0.05) is 42.8 Å². The number of rotatable bonds is 6. The number of carbonyl (C=O) groups is 3. The molecule has 1 fully saturated rings. The average molecular weight is 588 g/mol. The molecule has 0 bridgehead atoms. The van der Waals surface area contributed by atoms with Gasteiger partial charge >= 0.3 is 12.2 Å². The zero-order chi connectivity index (χ0) is 31.2. The summed E-state index contributed by atoms with van der Waals surface area (Å²) in [5, 5.41) is 9.19. The van der Waals surface area contributed by atoms with E-state index in [1.165, 1.54) is 0 Å². The first-order chi connectivity index (χ1) is 20.3. The molecule has 4 rings (SSSR count). The van der Waals surface area contributed by atoms with Crippen molar-refractivity contribution in [3.63, 3.8) is 0 Å². The Kier molecular flexibility index (Phi) is 9.58. The van der Waals surface area contributed by atoms with Gasteiger partial charge in [-0.3, -0.25) is 15.1 Å². The molecule has 3 aromatic rings. The van der Waals surface area contributed by atoms with Crippen LogP contribution in [-0.4, -0.2) is 58.3 Å². The van der Waals surface area contributed by atoms with Gasteiger partial charge in [0.25, 0.3) is 5.91 Å². The fraction of sp³-hybridized carbons (Fsp3) is 0.394. The first-order valence-corrected chi connectivity index (χ1v) is 14.5. The van der Waals surface area contributed by atoms with Crippen molar-refractivity contribution in [2.75, 3.05) is 29.0 Å². The zero-order valence-corrected chi connectivity index (χ0v) is 25.7. The predicted octanol–water partition coefficient (Wildman–Crippen LogP) is 7.16. The average Bonchev–Trinajstić information content (AvgIpc) is 2.93.